The minimum Gasteiger partial charge on any atom is -0.478 e. The Balaban J connectivity index is 2.47. The first-order valence-corrected chi connectivity index (χ1v) is 7.46. The van der Waals surface area contributed by atoms with E-state index in [1.54, 1.807) is 0 Å². The molecule has 0 aromatic heterocycles. The van der Waals surface area contributed by atoms with Gasteiger partial charge in [0, 0.05) is 15.6 Å². The smallest absolute Gasteiger partial charge is 0.417 e. The van der Waals surface area contributed by atoms with Gasteiger partial charge in [0.2, 0.25) is 0 Å². The van der Waals surface area contributed by atoms with Crippen LogP contribution in [0.25, 0.3) is 5.57 Å². The van der Waals surface area contributed by atoms with Gasteiger partial charge in [-0.1, -0.05) is 35.3 Å². The number of ketones is 1. The Morgan fingerprint density at radius 2 is 1.36 bits per heavy atom. The molecule has 0 saturated heterocycles. The summed E-state index contributed by atoms with van der Waals surface area (Å²) in [4.78, 5) is 22.9. The van der Waals surface area contributed by atoms with Crippen LogP contribution in [0.5, 0.6) is 0 Å². The third-order valence-electron chi connectivity index (χ3n) is 3.17. The maximum atomic E-state index is 13.3. The SMILES string of the molecule is O=C(O)c1ccc(C(=O)/C=C(\c2cc(Cl)cc(Cl)c2)C(F)(F)F)cc1. The number of carboxylic acid groups (broad SMARTS) is 1. The second-order valence-corrected chi connectivity index (χ2v) is 5.83. The van der Waals surface area contributed by atoms with E-state index in [1.165, 1.54) is 6.07 Å². The molecule has 0 spiro atoms. The van der Waals surface area contributed by atoms with Gasteiger partial charge in [0.15, 0.2) is 5.78 Å². The number of carbonyl (C=O) groups excluding carboxylic acids is 1. The van der Waals surface area contributed by atoms with Gasteiger partial charge in [-0.2, -0.15) is 13.2 Å². The first kappa shape index (κ1) is 19.0. The summed E-state index contributed by atoms with van der Waals surface area (Å²) in [6, 6.07) is 7.91. The van der Waals surface area contributed by atoms with Gasteiger partial charge in [0.25, 0.3) is 0 Å². The maximum Gasteiger partial charge on any atom is 0.417 e. The summed E-state index contributed by atoms with van der Waals surface area (Å²) in [7, 11) is 0. The molecule has 0 bridgehead atoms. The van der Waals surface area contributed by atoms with E-state index in [9.17, 15) is 22.8 Å². The predicted octanol–water partition coefficient (Wildman–Crippen LogP) is 5.52. The molecule has 0 radical (unpaired) electrons. The standard InChI is InChI=1S/C17H9Cl2F3O3/c18-12-5-11(6-13(19)7-12)14(17(20,21)22)8-15(23)9-1-3-10(4-2-9)16(24)25/h1-8H,(H,24,25)/b14-8+. The summed E-state index contributed by atoms with van der Waals surface area (Å²) in [5.41, 5.74) is -1.72. The average molecular weight is 389 g/mol. The predicted molar refractivity (Wildman–Crippen MR) is 88.2 cm³/mol. The van der Waals surface area contributed by atoms with E-state index in [1.807, 2.05) is 0 Å². The molecule has 1 N–H and O–H groups in total. The van der Waals surface area contributed by atoms with E-state index in [0.29, 0.717) is 6.08 Å². The molecular formula is C17H9Cl2F3O3. The van der Waals surface area contributed by atoms with E-state index >= 15 is 0 Å². The summed E-state index contributed by atoms with van der Waals surface area (Å²) in [5, 5.41) is 8.79. The van der Waals surface area contributed by atoms with Crippen LogP contribution >= 0.6 is 23.2 Å². The normalized spacial score (nSPS) is 12.1. The summed E-state index contributed by atoms with van der Waals surface area (Å²) in [6.45, 7) is 0. The second-order valence-electron chi connectivity index (χ2n) is 4.96. The molecule has 25 heavy (non-hydrogen) atoms. The fourth-order valence-corrected chi connectivity index (χ4v) is 2.56. The lowest BCUT2D eigenvalue weighted by Gasteiger charge is -2.13. The van der Waals surface area contributed by atoms with Crippen molar-refractivity contribution in [2.24, 2.45) is 0 Å². The number of carboxylic acids is 1. The van der Waals surface area contributed by atoms with Gasteiger partial charge in [0.1, 0.15) is 0 Å². The molecule has 8 heteroatoms. The number of aromatic carboxylic acids is 1. The fraction of sp³-hybridized carbons (Fsp3) is 0.0588. The van der Waals surface area contributed by atoms with Crippen LogP contribution in [-0.4, -0.2) is 23.0 Å². The van der Waals surface area contributed by atoms with E-state index in [0.717, 1.165) is 36.4 Å². The molecule has 0 aliphatic heterocycles. The van der Waals surface area contributed by atoms with E-state index < -0.39 is 23.5 Å². The van der Waals surface area contributed by atoms with Crippen molar-refractivity contribution >= 4 is 40.5 Å². The van der Waals surface area contributed by atoms with Gasteiger partial charge < -0.3 is 5.11 Å². The Kier molecular flexibility index (Phi) is 5.55. The first-order chi connectivity index (χ1) is 11.6. The lowest BCUT2D eigenvalue weighted by atomic mass is 10.0. The van der Waals surface area contributed by atoms with Crippen LogP contribution in [-0.2, 0) is 0 Å². The molecule has 0 heterocycles. The Labute approximate surface area is 150 Å². The third kappa shape index (κ3) is 4.84. The van der Waals surface area contributed by atoms with Crippen molar-refractivity contribution in [2.45, 2.75) is 6.18 Å². The van der Waals surface area contributed by atoms with Crippen molar-refractivity contribution in [1.29, 1.82) is 0 Å². The van der Waals surface area contributed by atoms with Crippen LogP contribution in [0.1, 0.15) is 26.3 Å². The number of halogens is 5. The van der Waals surface area contributed by atoms with Crippen molar-refractivity contribution in [3.05, 3.63) is 75.3 Å². The zero-order valence-corrected chi connectivity index (χ0v) is 13.8. The van der Waals surface area contributed by atoms with Crippen molar-refractivity contribution in [3.8, 4) is 0 Å². The quantitative estimate of drug-likeness (QED) is 0.554. The number of allylic oxidation sites excluding steroid dienone is 2. The van der Waals surface area contributed by atoms with Crippen molar-refractivity contribution in [1.82, 2.24) is 0 Å². The maximum absolute atomic E-state index is 13.3. The number of benzene rings is 2. The number of rotatable bonds is 4. The van der Waals surface area contributed by atoms with E-state index in [-0.39, 0.29) is 26.7 Å². The van der Waals surface area contributed by atoms with E-state index in [4.69, 9.17) is 28.3 Å². The molecule has 0 fully saturated rings. The van der Waals surface area contributed by atoms with Crippen LogP contribution in [0.2, 0.25) is 10.0 Å². The van der Waals surface area contributed by atoms with Gasteiger partial charge >= 0.3 is 12.1 Å². The fourth-order valence-electron chi connectivity index (χ4n) is 2.03. The highest BCUT2D eigenvalue weighted by Gasteiger charge is 2.35. The highest BCUT2D eigenvalue weighted by atomic mass is 35.5. The van der Waals surface area contributed by atoms with Crippen molar-refractivity contribution in [2.75, 3.05) is 0 Å². The lowest BCUT2D eigenvalue weighted by Crippen LogP contribution is -2.13. The molecule has 0 saturated carbocycles. The molecule has 3 nitrogen and oxygen atoms in total. The molecular weight excluding hydrogens is 380 g/mol. The van der Waals surface area contributed by atoms with Crippen LogP contribution in [0, 0.1) is 0 Å². The Morgan fingerprint density at radius 1 is 0.880 bits per heavy atom. The topological polar surface area (TPSA) is 54.4 Å². The largest absolute Gasteiger partial charge is 0.478 e. The van der Waals surface area contributed by atoms with E-state index in [2.05, 4.69) is 0 Å². The minimum atomic E-state index is -4.81. The Hall–Kier alpha value is -2.31. The van der Waals surface area contributed by atoms with Crippen LogP contribution in [0.4, 0.5) is 13.2 Å². The molecule has 2 aromatic carbocycles. The van der Waals surface area contributed by atoms with Gasteiger partial charge in [0.05, 0.1) is 11.1 Å². The molecule has 0 aliphatic rings. The highest BCUT2D eigenvalue weighted by molar-refractivity contribution is 6.35. The second kappa shape index (κ2) is 7.29. The van der Waals surface area contributed by atoms with Crippen molar-refractivity contribution < 1.29 is 27.9 Å². The first-order valence-electron chi connectivity index (χ1n) is 6.71. The molecule has 0 aliphatic carbocycles. The molecule has 0 atom stereocenters. The molecule has 2 aromatic rings. The minimum absolute atomic E-state index is 0.00379. The zero-order chi connectivity index (χ0) is 18.8. The lowest BCUT2D eigenvalue weighted by molar-refractivity contribution is -0.0689. The third-order valence-corrected chi connectivity index (χ3v) is 3.61. The summed E-state index contributed by atoms with van der Waals surface area (Å²) in [5.74, 6) is -2.14. The number of hydrogen-bond acceptors (Lipinski definition) is 2. The van der Waals surface area contributed by atoms with Gasteiger partial charge in [-0.3, -0.25) is 4.79 Å². The summed E-state index contributed by atoms with van der Waals surface area (Å²) >= 11 is 11.5. The van der Waals surface area contributed by atoms with Gasteiger partial charge in [-0.15, -0.1) is 0 Å². The average Bonchev–Trinajstić information content (AvgIpc) is 2.50. The molecule has 2 rings (SSSR count). The van der Waals surface area contributed by atoms with Crippen LogP contribution in [0.15, 0.2) is 48.5 Å². The number of alkyl halides is 3. The Bertz CT molecular complexity index is 836. The van der Waals surface area contributed by atoms with Crippen molar-refractivity contribution in [3.63, 3.8) is 0 Å². The van der Waals surface area contributed by atoms with Gasteiger partial charge in [-0.25, -0.2) is 4.79 Å². The zero-order valence-electron chi connectivity index (χ0n) is 12.3. The number of carbonyl (C=O) groups is 2. The number of hydrogen-bond donors (Lipinski definition) is 1. The summed E-state index contributed by atoms with van der Waals surface area (Å²) < 4.78 is 40.0. The molecule has 0 amide bonds. The monoisotopic (exact) mass is 388 g/mol. The molecule has 130 valence electrons. The van der Waals surface area contributed by atoms with Crippen LogP contribution in [0.3, 0.4) is 0 Å². The summed E-state index contributed by atoms with van der Waals surface area (Å²) in [6.07, 6.45) is -4.39. The van der Waals surface area contributed by atoms with Crippen LogP contribution < -0.4 is 0 Å². The Morgan fingerprint density at radius 3 is 1.80 bits per heavy atom. The molecule has 0 unspecified atom stereocenters. The van der Waals surface area contributed by atoms with Gasteiger partial charge in [-0.05, 0) is 42.0 Å². The highest BCUT2D eigenvalue weighted by Crippen LogP contribution is 2.36.